The van der Waals surface area contributed by atoms with Gasteiger partial charge in [-0.3, -0.25) is 0 Å². The Bertz CT molecular complexity index is 388. The fourth-order valence-corrected chi connectivity index (χ4v) is 1.46. The third-order valence-corrected chi connectivity index (χ3v) is 2.49. The molecular formula is C13H18N2O. The van der Waals surface area contributed by atoms with Gasteiger partial charge in [0.05, 0.1) is 16.9 Å². The summed E-state index contributed by atoms with van der Waals surface area (Å²) in [5, 5.41) is 18.6. The second-order valence-corrected chi connectivity index (χ2v) is 4.61. The molecule has 0 aliphatic heterocycles. The molecule has 0 bridgehead atoms. The fourth-order valence-electron chi connectivity index (χ4n) is 1.46. The van der Waals surface area contributed by atoms with E-state index in [1.165, 1.54) is 0 Å². The van der Waals surface area contributed by atoms with Crippen molar-refractivity contribution in [2.24, 2.45) is 0 Å². The third-order valence-electron chi connectivity index (χ3n) is 2.49. The zero-order chi connectivity index (χ0) is 12.2. The monoisotopic (exact) mass is 218 g/mol. The molecule has 0 amide bonds. The number of rotatable bonds is 4. The van der Waals surface area contributed by atoms with Gasteiger partial charge in [0, 0.05) is 13.6 Å². The fraction of sp³-hybridized carbons (Fsp3) is 0.462. The van der Waals surface area contributed by atoms with Crippen LogP contribution in [0.3, 0.4) is 0 Å². The minimum atomic E-state index is -0.671. The van der Waals surface area contributed by atoms with E-state index in [2.05, 4.69) is 6.07 Å². The Balaban J connectivity index is 2.74. The van der Waals surface area contributed by atoms with E-state index < -0.39 is 5.60 Å². The summed E-state index contributed by atoms with van der Waals surface area (Å²) >= 11 is 0. The van der Waals surface area contributed by atoms with Gasteiger partial charge in [-0.2, -0.15) is 5.26 Å². The highest BCUT2D eigenvalue weighted by Crippen LogP contribution is 2.19. The van der Waals surface area contributed by atoms with Crippen molar-refractivity contribution in [3.8, 4) is 6.07 Å². The second-order valence-electron chi connectivity index (χ2n) is 4.61. The van der Waals surface area contributed by atoms with Crippen molar-refractivity contribution in [3.63, 3.8) is 0 Å². The van der Waals surface area contributed by atoms with E-state index in [-0.39, 0.29) is 0 Å². The lowest BCUT2D eigenvalue weighted by molar-refractivity contribution is 0.0734. The number of nitriles is 1. The predicted octanol–water partition coefficient (Wildman–Crippen LogP) is 2.16. The van der Waals surface area contributed by atoms with Crippen LogP contribution in [0.2, 0.25) is 0 Å². The highest BCUT2D eigenvalue weighted by Gasteiger charge is 2.14. The summed E-state index contributed by atoms with van der Waals surface area (Å²) in [7, 11) is 1.93. The largest absolute Gasteiger partial charge is 0.390 e. The van der Waals surface area contributed by atoms with Gasteiger partial charge in [0.25, 0.3) is 0 Å². The number of nitrogens with zero attached hydrogens (tertiary/aromatic N) is 2. The summed E-state index contributed by atoms with van der Waals surface area (Å²) in [5.74, 6) is 0. The van der Waals surface area contributed by atoms with E-state index in [0.29, 0.717) is 12.0 Å². The lowest BCUT2D eigenvalue weighted by Gasteiger charge is -2.24. The molecule has 1 N–H and O–H groups in total. The van der Waals surface area contributed by atoms with Crippen LogP contribution in [0.5, 0.6) is 0 Å². The quantitative estimate of drug-likeness (QED) is 0.842. The molecule has 0 atom stereocenters. The van der Waals surface area contributed by atoms with E-state index in [4.69, 9.17) is 5.26 Å². The molecule has 0 aromatic heterocycles. The van der Waals surface area contributed by atoms with Gasteiger partial charge in [-0.05, 0) is 32.4 Å². The van der Waals surface area contributed by atoms with Gasteiger partial charge in [0.1, 0.15) is 6.07 Å². The van der Waals surface area contributed by atoms with Crippen LogP contribution in [0, 0.1) is 11.3 Å². The Morgan fingerprint density at radius 2 is 2.00 bits per heavy atom. The van der Waals surface area contributed by atoms with Crippen LogP contribution in [0.4, 0.5) is 5.69 Å². The van der Waals surface area contributed by atoms with Gasteiger partial charge in [-0.15, -0.1) is 0 Å². The van der Waals surface area contributed by atoms with Crippen molar-refractivity contribution in [2.75, 3.05) is 18.5 Å². The molecule has 1 aromatic carbocycles. The average Bonchev–Trinajstić information content (AvgIpc) is 2.25. The first-order valence-corrected chi connectivity index (χ1v) is 5.37. The molecule has 0 spiro atoms. The SMILES string of the molecule is CN(CCC(C)(C)O)c1ccccc1C#N. The zero-order valence-electron chi connectivity index (χ0n) is 10.1. The summed E-state index contributed by atoms with van der Waals surface area (Å²) in [6, 6.07) is 9.66. The van der Waals surface area contributed by atoms with Gasteiger partial charge < -0.3 is 10.0 Å². The first kappa shape index (κ1) is 12.5. The Morgan fingerprint density at radius 1 is 1.38 bits per heavy atom. The number of benzene rings is 1. The van der Waals surface area contributed by atoms with Crippen LogP contribution in [0.15, 0.2) is 24.3 Å². The van der Waals surface area contributed by atoms with E-state index in [0.717, 1.165) is 12.2 Å². The normalized spacial score (nSPS) is 10.9. The van der Waals surface area contributed by atoms with E-state index in [1.54, 1.807) is 19.9 Å². The number of hydrogen-bond acceptors (Lipinski definition) is 3. The van der Waals surface area contributed by atoms with Crippen molar-refractivity contribution in [2.45, 2.75) is 25.9 Å². The maximum absolute atomic E-state index is 9.65. The molecule has 0 aliphatic carbocycles. The Morgan fingerprint density at radius 3 is 2.56 bits per heavy atom. The minimum Gasteiger partial charge on any atom is -0.390 e. The maximum atomic E-state index is 9.65. The molecule has 0 aliphatic rings. The standard InChI is InChI=1S/C13H18N2O/c1-13(2,16)8-9-15(3)12-7-5-4-6-11(12)10-14/h4-7,16H,8-9H2,1-3H3. The molecule has 86 valence electrons. The van der Waals surface area contributed by atoms with Gasteiger partial charge in [0.2, 0.25) is 0 Å². The summed E-state index contributed by atoms with van der Waals surface area (Å²) < 4.78 is 0. The lowest BCUT2D eigenvalue weighted by Crippen LogP contribution is -2.28. The molecule has 3 heteroatoms. The number of aliphatic hydroxyl groups is 1. The molecule has 0 unspecified atom stereocenters. The molecule has 0 radical (unpaired) electrons. The topological polar surface area (TPSA) is 47.3 Å². The number of hydrogen-bond donors (Lipinski definition) is 1. The van der Waals surface area contributed by atoms with Crippen molar-refractivity contribution < 1.29 is 5.11 Å². The van der Waals surface area contributed by atoms with Crippen LogP contribution in [-0.2, 0) is 0 Å². The van der Waals surface area contributed by atoms with Crippen LogP contribution < -0.4 is 4.90 Å². The molecule has 1 aromatic rings. The molecule has 0 heterocycles. The molecule has 16 heavy (non-hydrogen) atoms. The molecule has 0 saturated heterocycles. The molecule has 0 saturated carbocycles. The van der Waals surface area contributed by atoms with Crippen molar-refractivity contribution in [1.82, 2.24) is 0 Å². The summed E-state index contributed by atoms with van der Waals surface area (Å²) in [6.45, 7) is 4.30. The molecule has 0 fully saturated rings. The van der Waals surface area contributed by atoms with Crippen LogP contribution >= 0.6 is 0 Å². The molecular weight excluding hydrogens is 200 g/mol. The number of para-hydroxylation sites is 1. The van der Waals surface area contributed by atoms with Crippen LogP contribution in [0.25, 0.3) is 0 Å². The Labute approximate surface area is 96.9 Å². The summed E-state index contributed by atoms with van der Waals surface area (Å²) in [5.41, 5.74) is 0.908. The maximum Gasteiger partial charge on any atom is 0.101 e. The van der Waals surface area contributed by atoms with Crippen molar-refractivity contribution >= 4 is 5.69 Å². The lowest BCUT2D eigenvalue weighted by atomic mass is 10.1. The van der Waals surface area contributed by atoms with E-state index in [9.17, 15) is 5.11 Å². The first-order valence-electron chi connectivity index (χ1n) is 5.37. The van der Waals surface area contributed by atoms with Crippen molar-refractivity contribution in [1.29, 1.82) is 5.26 Å². The first-order chi connectivity index (χ1) is 7.44. The average molecular weight is 218 g/mol. The molecule has 3 nitrogen and oxygen atoms in total. The smallest absolute Gasteiger partial charge is 0.101 e. The van der Waals surface area contributed by atoms with Crippen LogP contribution in [-0.4, -0.2) is 24.3 Å². The van der Waals surface area contributed by atoms with Gasteiger partial charge >= 0.3 is 0 Å². The third kappa shape index (κ3) is 3.56. The van der Waals surface area contributed by atoms with Gasteiger partial charge in [0.15, 0.2) is 0 Å². The van der Waals surface area contributed by atoms with Crippen molar-refractivity contribution in [3.05, 3.63) is 29.8 Å². The predicted molar refractivity (Wildman–Crippen MR) is 65.3 cm³/mol. The van der Waals surface area contributed by atoms with E-state index in [1.807, 2.05) is 30.1 Å². The minimum absolute atomic E-state index is 0.667. The highest BCUT2D eigenvalue weighted by molar-refractivity contribution is 5.58. The van der Waals surface area contributed by atoms with E-state index >= 15 is 0 Å². The second kappa shape index (κ2) is 5.00. The Kier molecular flexibility index (Phi) is 3.92. The molecule has 1 rings (SSSR count). The summed E-state index contributed by atoms with van der Waals surface area (Å²) in [6.07, 6.45) is 0.670. The van der Waals surface area contributed by atoms with Crippen LogP contribution in [0.1, 0.15) is 25.8 Å². The summed E-state index contributed by atoms with van der Waals surface area (Å²) in [4.78, 5) is 2.00. The van der Waals surface area contributed by atoms with Gasteiger partial charge in [-0.25, -0.2) is 0 Å². The number of anilines is 1. The van der Waals surface area contributed by atoms with Gasteiger partial charge in [-0.1, -0.05) is 12.1 Å². The highest BCUT2D eigenvalue weighted by atomic mass is 16.3. The Hall–Kier alpha value is -1.53. The zero-order valence-corrected chi connectivity index (χ0v) is 10.1.